The molecule has 0 saturated heterocycles. The number of rotatable bonds is 8. The molecule has 0 aromatic rings. The molecule has 0 heterocycles. The third kappa shape index (κ3) is 6.44. The predicted molar refractivity (Wildman–Crippen MR) is 64.3 cm³/mol. The number of esters is 1. The van der Waals surface area contributed by atoms with Gasteiger partial charge in [-0.3, -0.25) is 9.59 Å². The van der Waals surface area contributed by atoms with Crippen LogP contribution in [-0.2, 0) is 23.9 Å². The minimum atomic E-state index is -2.11. The van der Waals surface area contributed by atoms with E-state index in [9.17, 15) is 14.4 Å². The number of carbonyl (C=O) groups is 3. The van der Waals surface area contributed by atoms with E-state index in [0.29, 0.717) is 6.21 Å². The van der Waals surface area contributed by atoms with Gasteiger partial charge in [0.1, 0.15) is 12.1 Å². The molecule has 8 nitrogen and oxygen atoms in total. The number of hydrogen-bond acceptors (Lipinski definition) is 5. The normalized spacial score (nSPS) is 15.2. The van der Waals surface area contributed by atoms with Crippen molar-refractivity contribution in [1.29, 1.82) is 0 Å². The van der Waals surface area contributed by atoms with Gasteiger partial charge >= 0.3 is 12.2 Å². The van der Waals surface area contributed by atoms with Crippen LogP contribution in [0.5, 0.6) is 0 Å². The van der Waals surface area contributed by atoms with Gasteiger partial charge in [0.05, 0.1) is 8.48 Å². The molecule has 0 radical (unpaired) electrons. The molecule has 106 valence electrons. The van der Waals surface area contributed by atoms with Crippen LogP contribution in [-0.4, -0.2) is 55.0 Å². The molecule has 0 saturated carbocycles. The molecule has 0 fully saturated rings. The van der Waals surface area contributed by atoms with Gasteiger partial charge < -0.3 is 20.3 Å². The molecule has 0 aromatic heterocycles. The zero-order valence-corrected chi connectivity index (χ0v) is 11.0. The fraction of sp³-hybridized carbons (Fsp3) is 0.636. The maximum absolute atomic E-state index is 11.7. The van der Waals surface area contributed by atoms with Gasteiger partial charge in [-0.1, -0.05) is 0 Å². The van der Waals surface area contributed by atoms with Gasteiger partial charge in [-0.25, -0.2) is 4.79 Å². The Morgan fingerprint density at radius 3 is 2.58 bits per heavy atom. The zero-order valence-electron chi connectivity index (χ0n) is 12.0. The SMILES string of the molecule is [2H][C@](CCC(=O)C=[N+]=[N-])(NC(=O)[C@H](C)OC)C(=O)OC. The summed E-state index contributed by atoms with van der Waals surface area (Å²) in [5.74, 6) is -2.29. The Labute approximate surface area is 112 Å². The molecule has 19 heavy (non-hydrogen) atoms. The van der Waals surface area contributed by atoms with Crippen molar-refractivity contribution in [2.75, 3.05) is 14.2 Å². The van der Waals surface area contributed by atoms with E-state index in [2.05, 4.69) is 14.8 Å². The van der Waals surface area contributed by atoms with Gasteiger partial charge in [-0.15, -0.1) is 0 Å². The van der Waals surface area contributed by atoms with Gasteiger partial charge in [0.15, 0.2) is 0 Å². The molecule has 1 amide bonds. The minimum absolute atomic E-state index is 0.274. The number of ketones is 1. The lowest BCUT2D eigenvalue weighted by Gasteiger charge is -2.17. The molecule has 8 heteroatoms. The second-order valence-corrected chi connectivity index (χ2v) is 3.55. The lowest BCUT2D eigenvalue weighted by Crippen LogP contribution is -2.45. The Kier molecular flexibility index (Phi) is 7.08. The summed E-state index contributed by atoms with van der Waals surface area (Å²) in [5, 5.41) is 2.16. The van der Waals surface area contributed by atoms with E-state index in [0.717, 1.165) is 7.11 Å². The highest BCUT2D eigenvalue weighted by atomic mass is 16.5. The van der Waals surface area contributed by atoms with Crippen LogP contribution in [0.15, 0.2) is 0 Å². The van der Waals surface area contributed by atoms with Crippen molar-refractivity contribution >= 4 is 23.9 Å². The second kappa shape index (κ2) is 8.96. The third-order valence-electron chi connectivity index (χ3n) is 2.25. The average molecular weight is 272 g/mol. The molecule has 0 bridgehead atoms. The van der Waals surface area contributed by atoms with E-state index < -0.39 is 29.8 Å². The summed E-state index contributed by atoms with van der Waals surface area (Å²) >= 11 is 0. The van der Waals surface area contributed by atoms with Crippen molar-refractivity contribution in [3.63, 3.8) is 0 Å². The van der Waals surface area contributed by atoms with Crippen LogP contribution in [0.25, 0.3) is 5.53 Å². The minimum Gasteiger partial charge on any atom is -0.467 e. The van der Waals surface area contributed by atoms with E-state index in [1.165, 1.54) is 14.0 Å². The molecule has 0 unspecified atom stereocenters. The summed E-state index contributed by atoms with van der Waals surface area (Å²) < 4.78 is 17.1. The number of methoxy groups -OCH3 is 2. The van der Waals surface area contributed by atoms with Gasteiger partial charge in [-0.05, 0) is 13.3 Å². The maximum atomic E-state index is 11.7. The van der Waals surface area contributed by atoms with Crippen LogP contribution in [0.1, 0.15) is 21.1 Å². The highest BCUT2D eigenvalue weighted by Crippen LogP contribution is 2.01. The van der Waals surface area contributed by atoms with Crippen molar-refractivity contribution in [3.05, 3.63) is 5.53 Å². The summed E-state index contributed by atoms with van der Waals surface area (Å²) in [5.41, 5.74) is 8.20. The van der Waals surface area contributed by atoms with Gasteiger partial charge in [0, 0.05) is 13.5 Å². The van der Waals surface area contributed by atoms with E-state index in [-0.39, 0.29) is 12.8 Å². The molecule has 0 aliphatic heterocycles. The number of ether oxygens (including phenoxy) is 2. The van der Waals surface area contributed by atoms with Crippen LogP contribution in [0.4, 0.5) is 0 Å². The van der Waals surface area contributed by atoms with Gasteiger partial charge in [0.2, 0.25) is 11.7 Å². The standard InChI is InChI=1S/C11H17N3O5/c1-7(18-2)10(16)14-9(11(17)19-3)5-4-8(15)6-13-12/h6-7,9H,4-5H2,1-3H3,(H,14,16)/t7-,9+/m0/s1/i9D. The molecule has 0 spiro atoms. The monoisotopic (exact) mass is 272 g/mol. The van der Waals surface area contributed by atoms with Crippen molar-refractivity contribution < 1.29 is 30.0 Å². The van der Waals surface area contributed by atoms with Crippen molar-refractivity contribution in [2.24, 2.45) is 0 Å². The molecule has 0 aromatic carbocycles. The summed E-state index contributed by atoms with van der Waals surface area (Å²) in [6, 6.07) is -2.11. The predicted octanol–water partition coefficient (Wildman–Crippen LogP) is -0.671. The van der Waals surface area contributed by atoms with Crippen LogP contribution in [0.3, 0.4) is 0 Å². The molecular formula is C11H17N3O5. The average Bonchev–Trinajstić information content (AvgIpc) is 2.43. The highest BCUT2D eigenvalue weighted by molar-refractivity contribution is 6.25. The summed E-state index contributed by atoms with van der Waals surface area (Å²) in [7, 11) is 2.36. The first-order chi connectivity index (χ1) is 9.30. The molecule has 0 aliphatic carbocycles. The Morgan fingerprint density at radius 2 is 2.11 bits per heavy atom. The number of Topliss-reactive ketones (excluding diaryl/α,β-unsaturated/α-hetero) is 1. The highest BCUT2D eigenvalue weighted by Gasteiger charge is 2.24. The Morgan fingerprint density at radius 1 is 1.47 bits per heavy atom. The Balaban J connectivity index is 4.92. The number of amides is 1. The van der Waals surface area contributed by atoms with Crippen molar-refractivity contribution in [3.8, 4) is 0 Å². The van der Waals surface area contributed by atoms with Crippen molar-refractivity contribution in [1.82, 2.24) is 5.32 Å². The molecule has 0 rings (SSSR count). The summed E-state index contributed by atoms with van der Waals surface area (Å²) in [6.45, 7) is 1.44. The molecule has 1 N–H and O–H groups in total. The van der Waals surface area contributed by atoms with Crippen LogP contribution < -0.4 is 5.32 Å². The van der Waals surface area contributed by atoms with Gasteiger partial charge in [0.25, 0.3) is 0 Å². The fourth-order valence-electron chi connectivity index (χ4n) is 1.07. The first-order valence-corrected chi connectivity index (χ1v) is 5.44. The van der Waals surface area contributed by atoms with Crippen LogP contribution >= 0.6 is 0 Å². The topological polar surface area (TPSA) is 118 Å². The van der Waals surface area contributed by atoms with E-state index in [1.54, 1.807) is 0 Å². The summed E-state index contributed by atoms with van der Waals surface area (Å²) in [4.78, 5) is 37.0. The maximum Gasteiger partial charge on any atom is 0.328 e. The molecule has 0 aliphatic rings. The first-order valence-electron chi connectivity index (χ1n) is 5.94. The third-order valence-corrected chi connectivity index (χ3v) is 2.25. The Bertz CT molecular complexity index is 436. The largest absolute Gasteiger partial charge is 0.467 e. The van der Waals surface area contributed by atoms with Crippen molar-refractivity contribution in [2.45, 2.75) is 31.9 Å². The first kappa shape index (κ1) is 15.0. The number of nitrogens with zero attached hydrogens (tertiary/aromatic N) is 2. The summed E-state index contributed by atoms with van der Waals surface area (Å²) in [6.07, 6.45) is -0.812. The lowest BCUT2D eigenvalue weighted by atomic mass is 10.1. The number of hydrogen-bond donors (Lipinski definition) is 1. The number of carbonyl (C=O) groups excluding carboxylic acids is 3. The lowest BCUT2D eigenvalue weighted by molar-refractivity contribution is -0.146. The smallest absolute Gasteiger partial charge is 0.328 e. The number of nitrogens with one attached hydrogen (secondary N) is 1. The fourth-order valence-corrected chi connectivity index (χ4v) is 1.07. The van der Waals surface area contributed by atoms with Crippen LogP contribution in [0, 0.1) is 0 Å². The van der Waals surface area contributed by atoms with E-state index >= 15 is 0 Å². The van der Waals surface area contributed by atoms with E-state index in [1.807, 2.05) is 0 Å². The Hall–Kier alpha value is -2.05. The van der Waals surface area contributed by atoms with E-state index in [4.69, 9.17) is 11.6 Å². The van der Waals surface area contributed by atoms with Crippen LogP contribution in [0.2, 0.25) is 0 Å². The molecular weight excluding hydrogens is 254 g/mol. The molecule has 2 atom stereocenters. The second-order valence-electron chi connectivity index (χ2n) is 3.55. The quantitative estimate of drug-likeness (QED) is 0.272. The zero-order chi connectivity index (χ0) is 15.8. The van der Waals surface area contributed by atoms with Gasteiger partial charge in [-0.2, -0.15) is 4.79 Å².